The Kier molecular flexibility index (Phi) is 6.04. The SMILES string of the molecule is C[C@@H](C(=O)NCc1ccc(OC2CCCCC2)cc1)S(C)(=O)=O. The van der Waals surface area contributed by atoms with Crippen molar-refractivity contribution in [3.8, 4) is 5.75 Å². The van der Waals surface area contributed by atoms with Crippen LogP contribution in [0.1, 0.15) is 44.6 Å². The molecule has 1 aliphatic rings. The second kappa shape index (κ2) is 7.81. The zero-order valence-corrected chi connectivity index (χ0v) is 14.6. The molecule has 2 rings (SSSR count). The molecule has 1 aromatic carbocycles. The molecule has 1 atom stereocenters. The van der Waals surface area contributed by atoms with E-state index in [1.807, 2.05) is 24.3 Å². The van der Waals surface area contributed by atoms with E-state index in [-0.39, 0.29) is 0 Å². The van der Waals surface area contributed by atoms with Gasteiger partial charge in [-0.05, 0) is 50.3 Å². The first kappa shape index (κ1) is 17.8. The molecule has 128 valence electrons. The summed E-state index contributed by atoms with van der Waals surface area (Å²) in [4.78, 5) is 11.8. The van der Waals surface area contributed by atoms with E-state index in [1.54, 1.807) is 0 Å². The number of amides is 1. The minimum absolute atomic E-state index is 0.308. The second-order valence-electron chi connectivity index (χ2n) is 6.21. The van der Waals surface area contributed by atoms with Crippen LogP contribution in [-0.2, 0) is 21.2 Å². The summed E-state index contributed by atoms with van der Waals surface area (Å²) in [7, 11) is -3.36. The van der Waals surface area contributed by atoms with Gasteiger partial charge in [-0.25, -0.2) is 8.42 Å². The van der Waals surface area contributed by atoms with Crippen molar-refractivity contribution in [3.63, 3.8) is 0 Å². The van der Waals surface area contributed by atoms with Gasteiger partial charge in [-0.1, -0.05) is 18.6 Å². The Labute approximate surface area is 138 Å². The molecule has 1 amide bonds. The van der Waals surface area contributed by atoms with E-state index >= 15 is 0 Å². The third-order valence-electron chi connectivity index (χ3n) is 4.26. The molecular weight excluding hydrogens is 314 g/mol. The van der Waals surface area contributed by atoms with Crippen LogP contribution in [0, 0.1) is 0 Å². The number of carbonyl (C=O) groups excluding carboxylic acids is 1. The first-order valence-electron chi connectivity index (χ1n) is 8.08. The lowest BCUT2D eigenvalue weighted by Crippen LogP contribution is -2.36. The van der Waals surface area contributed by atoms with Gasteiger partial charge in [0.25, 0.3) is 0 Å². The number of hydrogen-bond acceptors (Lipinski definition) is 4. The average Bonchev–Trinajstić information content (AvgIpc) is 2.53. The van der Waals surface area contributed by atoms with E-state index in [9.17, 15) is 13.2 Å². The van der Waals surface area contributed by atoms with Crippen molar-refractivity contribution >= 4 is 15.7 Å². The van der Waals surface area contributed by atoms with E-state index in [2.05, 4.69) is 5.32 Å². The Morgan fingerprint density at radius 3 is 2.39 bits per heavy atom. The highest BCUT2D eigenvalue weighted by molar-refractivity contribution is 7.92. The normalized spacial score (nSPS) is 17.5. The zero-order chi connectivity index (χ0) is 16.9. The molecule has 0 bridgehead atoms. The second-order valence-corrected chi connectivity index (χ2v) is 8.58. The molecular formula is C17H25NO4S. The minimum Gasteiger partial charge on any atom is -0.490 e. The van der Waals surface area contributed by atoms with Crippen molar-refractivity contribution in [1.82, 2.24) is 5.32 Å². The molecule has 1 aromatic rings. The largest absolute Gasteiger partial charge is 0.490 e. The maximum Gasteiger partial charge on any atom is 0.238 e. The van der Waals surface area contributed by atoms with Gasteiger partial charge in [-0.3, -0.25) is 4.79 Å². The Balaban J connectivity index is 1.84. The Hall–Kier alpha value is -1.56. The highest BCUT2D eigenvalue weighted by atomic mass is 32.2. The monoisotopic (exact) mass is 339 g/mol. The van der Waals surface area contributed by atoms with Gasteiger partial charge in [0.1, 0.15) is 11.0 Å². The summed E-state index contributed by atoms with van der Waals surface area (Å²) in [5, 5.41) is 1.62. The van der Waals surface area contributed by atoms with Gasteiger partial charge in [0, 0.05) is 12.8 Å². The summed E-state index contributed by atoms with van der Waals surface area (Å²) in [6, 6.07) is 7.58. The number of hydrogen-bond donors (Lipinski definition) is 1. The fraction of sp³-hybridized carbons (Fsp3) is 0.588. The maximum absolute atomic E-state index is 11.8. The van der Waals surface area contributed by atoms with Crippen LogP contribution in [0.15, 0.2) is 24.3 Å². The van der Waals surface area contributed by atoms with Gasteiger partial charge in [0.15, 0.2) is 9.84 Å². The topological polar surface area (TPSA) is 72.5 Å². The molecule has 0 heterocycles. The summed E-state index contributed by atoms with van der Waals surface area (Å²) in [5.41, 5.74) is 0.912. The van der Waals surface area contributed by atoms with Crippen LogP contribution < -0.4 is 10.1 Å². The summed E-state index contributed by atoms with van der Waals surface area (Å²) in [6.07, 6.45) is 7.35. The fourth-order valence-corrected chi connectivity index (χ4v) is 3.06. The third-order valence-corrected chi connectivity index (χ3v) is 5.76. The number of nitrogens with one attached hydrogen (secondary N) is 1. The van der Waals surface area contributed by atoms with Crippen molar-refractivity contribution in [2.75, 3.05) is 6.26 Å². The molecule has 6 heteroatoms. The Morgan fingerprint density at radius 1 is 1.22 bits per heavy atom. The summed E-state index contributed by atoms with van der Waals surface area (Å²) < 4.78 is 28.6. The van der Waals surface area contributed by atoms with Crippen LogP contribution in [0.4, 0.5) is 0 Å². The first-order valence-corrected chi connectivity index (χ1v) is 10.0. The van der Waals surface area contributed by atoms with Crippen LogP contribution in [0.5, 0.6) is 5.75 Å². The molecule has 0 aromatic heterocycles. The lowest BCUT2D eigenvalue weighted by atomic mass is 9.98. The van der Waals surface area contributed by atoms with Gasteiger partial charge >= 0.3 is 0 Å². The van der Waals surface area contributed by atoms with Crippen LogP contribution >= 0.6 is 0 Å². The van der Waals surface area contributed by atoms with Crippen LogP contribution in [0.25, 0.3) is 0 Å². The van der Waals surface area contributed by atoms with Gasteiger partial charge < -0.3 is 10.1 Å². The maximum atomic E-state index is 11.8. The summed E-state index contributed by atoms with van der Waals surface area (Å²) in [6.45, 7) is 1.70. The highest BCUT2D eigenvalue weighted by Gasteiger charge is 2.23. The van der Waals surface area contributed by atoms with Crippen molar-refractivity contribution in [2.24, 2.45) is 0 Å². The van der Waals surface area contributed by atoms with Crippen molar-refractivity contribution in [2.45, 2.75) is 56.9 Å². The molecule has 1 aliphatic carbocycles. The van der Waals surface area contributed by atoms with E-state index < -0.39 is 21.0 Å². The number of ether oxygens (including phenoxy) is 1. The number of rotatable bonds is 6. The molecule has 0 unspecified atom stereocenters. The van der Waals surface area contributed by atoms with E-state index in [0.29, 0.717) is 12.6 Å². The molecule has 0 spiro atoms. The molecule has 0 radical (unpaired) electrons. The lowest BCUT2D eigenvalue weighted by molar-refractivity contribution is -0.120. The van der Waals surface area contributed by atoms with Crippen molar-refractivity contribution in [1.29, 1.82) is 0 Å². The minimum atomic E-state index is -3.36. The lowest BCUT2D eigenvalue weighted by Gasteiger charge is -2.23. The molecule has 1 fully saturated rings. The number of benzene rings is 1. The van der Waals surface area contributed by atoms with E-state index in [0.717, 1.165) is 30.4 Å². The summed E-state index contributed by atoms with van der Waals surface area (Å²) in [5.74, 6) is 0.367. The summed E-state index contributed by atoms with van der Waals surface area (Å²) >= 11 is 0. The average molecular weight is 339 g/mol. The van der Waals surface area contributed by atoms with Crippen molar-refractivity contribution in [3.05, 3.63) is 29.8 Å². The Bertz CT molecular complexity index is 618. The third kappa shape index (κ3) is 5.53. The zero-order valence-electron chi connectivity index (χ0n) is 13.7. The molecule has 23 heavy (non-hydrogen) atoms. The van der Waals surface area contributed by atoms with Crippen LogP contribution in [0.3, 0.4) is 0 Å². The molecule has 0 saturated heterocycles. The first-order chi connectivity index (χ1) is 10.9. The standard InChI is InChI=1S/C17H25NO4S/c1-13(23(2,20)21)17(19)18-12-14-8-10-16(11-9-14)22-15-6-4-3-5-7-15/h8-11,13,15H,3-7,12H2,1-2H3,(H,18,19)/t13-/m0/s1. The fourth-order valence-electron chi connectivity index (χ4n) is 2.59. The van der Waals surface area contributed by atoms with E-state index in [1.165, 1.54) is 26.2 Å². The number of carbonyl (C=O) groups is 1. The van der Waals surface area contributed by atoms with Crippen LogP contribution in [0.2, 0.25) is 0 Å². The molecule has 5 nitrogen and oxygen atoms in total. The molecule has 1 N–H and O–H groups in total. The molecule has 0 aliphatic heterocycles. The predicted molar refractivity (Wildman–Crippen MR) is 90.1 cm³/mol. The quantitative estimate of drug-likeness (QED) is 0.864. The van der Waals surface area contributed by atoms with Gasteiger partial charge in [-0.15, -0.1) is 0 Å². The highest BCUT2D eigenvalue weighted by Crippen LogP contribution is 2.23. The van der Waals surface area contributed by atoms with Gasteiger partial charge in [0.05, 0.1) is 6.10 Å². The van der Waals surface area contributed by atoms with Gasteiger partial charge in [0.2, 0.25) is 5.91 Å². The molecule has 1 saturated carbocycles. The predicted octanol–water partition coefficient (Wildman–Crippen LogP) is 2.45. The van der Waals surface area contributed by atoms with Gasteiger partial charge in [-0.2, -0.15) is 0 Å². The van der Waals surface area contributed by atoms with E-state index in [4.69, 9.17) is 4.74 Å². The van der Waals surface area contributed by atoms with Crippen molar-refractivity contribution < 1.29 is 17.9 Å². The number of sulfone groups is 1. The van der Waals surface area contributed by atoms with Crippen LogP contribution in [-0.4, -0.2) is 31.9 Å². The smallest absolute Gasteiger partial charge is 0.238 e. The Morgan fingerprint density at radius 2 is 1.83 bits per heavy atom.